The van der Waals surface area contributed by atoms with Gasteiger partial charge in [0.25, 0.3) is 0 Å². The van der Waals surface area contributed by atoms with Gasteiger partial charge >= 0.3 is 69.6 Å². The maximum absolute atomic E-state index is 9.58. The van der Waals surface area contributed by atoms with Crippen LogP contribution in [0.5, 0.6) is 0 Å². The van der Waals surface area contributed by atoms with Crippen molar-refractivity contribution in [3.63, 3.8) is 0 Å². The fourth-order valence-corrected chi connectivity index (χ4v) is 1.10. The summed E-state index contributed by atoms with van der Waals surface area (Å²) in [5.41, 5.74) is 0. The van der Waals surface area contributed by atoms with E-state index in [1.807, 2.05) is 0 Å². The molecule has 0 saturated heterocycles. The van der Waals surface area contributed by atoms with Crippen molar-refractivity contribution < 1.29 is 48.4 Å². The van der Waals surface area contributed by atoms with Crippen LogP contribution in [0.1, 0.15) is 0 Å². The zero-order valence-corrected chi connectivity index (χ0v) is 6.78. The van der Waals surface area contributed by atoms with Crippen LogP contribution in [-0.4, -0.2) is 74.1 Å². The Bertz CT molecular complexity index is 225. The summed E-state index contributed by atoms with van der Waals surface area (Å²) in [6.07, 6.45) is 0. The van der Waals surface area contributed by atoms with Crippen molar-refractivity contribution in [1.29, 1.82) is 0 Å². The van der Waals surface area contributed by atoms with Crippen molar-refractivity contribution in [1.82, 2.24) is 0 Å². The average molecular weight is 282 g/mol. The quantitative estimate of drug-likeness (QED) is 0.312. The Morgan fingerprint density at radius 1 is 1.27 bits per heavy atom. The summed E-state index contributed by atoms with van der Waals surface area (Å²) in [6, 6.07) is 0. The summed E-state index contributed by atoms with van der Waals surface area (Å²) in [4.78, 5) is 15.4. The molecule has 1 radical (unpaired) electrons. The van der Waals surface area contributed by atoms with E-state index in [0.717, 1.165) is 0 Å². The molecule has 69 valence electrons. The zero-order valence-electron chi connectivity index (χ0n) is 4.13. The van der Waals surface area contributed by atoms with E-state index in [-0.39, 0.29) is 68.5 Å². The second-order valence-electron chi connectivity index (χ2n) is 0.993. The van der Waals surface area contributed by atoms with Crippen LogP contribution < -0.4 is 0 Å². The number of rotatable bonds is 2. The SMILES string of the molecule is O=P(O)(O)OS(=O)(=O)O.[Cu].[KH]. The predicted octanol–water partition coefficient (Wildman–Crippen LogP) is -1.75. The van der Waals surface area contributed by atoms with Crippen molar-refractivity contribution >= 4 is 69.6 Å². The van der Waals surface area contributed by atoms with Gasteiger partial charge in [-0.3, -0.25) is 4.55 Å². The third-order valence-corrected chi connectivity index (χ3v) is 1.72. The Labute approximate surface area is 116 Å². The predicted molar refractivity (Wildman–Crippen MR) is 31.8 cm³/mol. The van der Waals surface area contributed by atoms with Gasteiger partial charge in [-0.25, -0.2) is 4.57 Å². The van der Waals surface area contributed by atoms with Gasteiger partial charge in [0.1, 0.15) is 0 Å². The van der Waals surface area contributed by atoms with Crippen molar-refractivity contribution in [3.05, 3.63) is 0 Å². The molecule has 0 aliphatic carbocycles. The number of hydrogen-bond acceptors (Lipinski definition) is 4. The van der Waals surface area contributed by atoms with Crippen molar-refractivity contribution in [2.24, 2.45) is 0 Å². The molecule has 0 spiro atoms. The van der Waals surface area contributed by atoms with Gasteiger partial charge in [-0.05, 0) is 0 Å². The summed E-state index contributed by atoms with van der Waals surface area (Å²) in [5, 5.41) is 0. The van der Waals surface area contributed by atoms with Crippen LogP contribution in [0.4, 0.5) is 0 Å². The molecule has 0 aromatic heterocycles. The zero-order chi connectivity index (χ0) is 7.71. The monoisotopic (exact) mass is 281 g/mol. The summed E-state index contributed by atoms with van der Waals surface area (Å²) in [6.45, 7) is 0. The van der Waals surface area contributed by atoms with E-state index in [0.29, 0.717) is 0 Å². The molecule has 0 amide bonds. The molecular formula is H4CuKO7PS. The molecule has 7 nitrogen and oxygen atoms in total. The first kappa shape index (κ1) is 18.9. The molecule has 0 bridgehead atoms. The molecule has 0 saturated carbocycles. The third kappa shape index (κ3) is 18.9. The first-order valence-electron chi connectivity index (χ1n) is 1.45. The first-order chi connectivity index (χ1) is 3.71. The van der Waals surface area contributed by atoms with Crippen LogP contribution in [0.3, 0.4) is 0 Å². The number of phosphoric acid groups is 1. The molecule has 0 atom stereocenters. The van der Waals surface area contributed by atoms with Crippen LogP contribution in [0, 0.1) is 0 Å². The Morgan fingerprint density at radius 3 is 1.55 bits per heavy atom. The van der Waals surface area contributed by atoms with Gasteiger partial charge in [-0.1, -0.05) is 0 Å². The summed E-state index contributed by atoms with van der Waals surface area (Å²) in [7, 11) is -10.2. The van der Waals surface area contributed by atoms with Crippen molar-refractivity contribution in [2.75, 3.05) is 0 Å². The molecule has 0 unspecified atom stereocenters. The fourth-order valence-electron chi connectivity index (χ4n) is 0.123. The minimum absolute atomic E-state index is 0. The van der Waals surface area contributed by atoms with E-state index in [4.69, 9.17) is 14.3 Å². The van der Waals surface area contributed by atoms with Crippen LogP contribution in [0.2, 0.25) is 0 Å². The Kier molecular flexibility index (Phi) is 11.3. The molecular weight excluding hydrogens is 278 g/mol. The molecule has 11 heavy (non-hydrogen) atoms. The van der Waals surface area contributed by atoms with E-state index in [2.05, 4.69) is 3.97 Å². The average Bonchev–Trinajstić information content (AvgIpc) is 1.14. The van der Waals surface area contributed by atoms with Crippen LogP contribution in [0.15, 0.2) is 0 Å². The molecule has 0 heterocycles. The molecule has 0 rings (SSSR count). The second kappa shape index (κ2) is 6.60. The van der Waals surface area contributed by atoms with Crippen molar-refractivity contribution in [3.8, 4) is 0 Å². The standard InChI is InChI=1S/Cu.K.H3O7PS.H/c;;1-8(2,3)7-9(4,5)6;/h;;(H2,1,2,3)(H,4,5,6);. The topological polar surface area (TPSA) is 121 Å². The molecule has 0 aliphatic heterocycles. The van der Waals surface area contributed by atoms with E-state index in [1.54, 1.807) is 0 Å². The molecule has 0 aromatic carbocycles. The van der Waals surface area contributed by atoms with E-state index < -0.39 is 18.2 Å². The molecule has 0 fully saturated rings. The molecule has 0 aromatic rings. The molecule has 11 heteroatoms. The normalized spacial score (nSPS) is 11.2. The van der Waals surface area contributed by atoms with E-state index in [9.17, 15) is 13.0 Å². The van der Waals surface area contributed by atoms with Crippen LogP contribution >= 0.6 is 7.82 Å². The van der Waals surface area contributed by atoms with Crippen LogP contribution in [0.25, 0.3) is 0 Å². The van der Waals surface area contributed by atoms with E-state index in [1.165, 1.54) is 0 Å². The summed E-state index contributed by atoms with van der Waals surface area (Å²) in [5.74, 6) is 0. The maximum atomic E-state index is 9.58. The van der Waals surface area contributed by atoms with E-state index >= 15 is 0 Å². The third-order valence-electron chi connectivity index (χ3n) is 0.191. The van der Waals surface area contributed by atoms with Gasteiger partial charge < -0.3 is 9.79 Å². The van der Waals surface area contributed by atoms with Crippen LogP contribution in [-0.2, 0) is 36.0 Å². The molecule has 3 N–H and O–H groups in total. The van der Waals surface area contributed by atoms with Gasteiger partial charge in [-0.15, -0.1) is 3.97 Å². The first-order valence-corrected chi connectivity index (χ1v) is 4.34. The van der Waals surface area contributed by atoms with Crippen molar-refractivity contribution in [2.45, 2.75) is 0 Å². The van der Waals surface area contributed by atoms with Gasteiger partial charge in [0.2, 0.25) is 0 Å². The fraction of sp³-hybridized carbons (Fsp3) is 0. The second-order valence-corrected chi connectivity index (χ2v) is 3.43. The van der Waals surface area contributed by atoms with Gasteiger partial charge in [0.05, 0.1) is 0 Å². The Morgan fingerprint density at radius 2 is 1.55 bits per heavy atom. The minimum atomic E-state index is -5.13. The Balaban J connectivity index is -0.000000320. The van der Waals surface area contributed by atoms with Gasteiger partial charge in [0, 0.05) is 17.1 Å². The van der Waals surface area contributed by atoms with Gasteiger partial charge in [0.15, 0.2) is 0 Å². The van der Waals surface area contributed by atoms with Gasteiger partial charge in [-0.2, -0.15) is 8.42 Å². The summed E-state index contributed by atoms with van der Waals surface area (Å²) < 4.78 is 39.0. The Hall–Kier alpha value is 2.18. The molecule has 0 aliphatic rings. The summed E-state index contributed by atoms with van der Waals surface area (Å²) >= 11 is 0. The number of hydrogen-bond donors (Lipinski definition) is 3.